The fraction of sp³-hybridized carbons (Fsp3) is 0.300. The predicted octanol–water partition coefficient (Wildman–Crippen LogP) is 0.262. The number of rotatable bonds is 4. The van der Waals surface area contributed by atoms with Gasteiger partial charge in [0.05, 0.1) is 12.3 Å². The van der Waals surface area contributed by atoms with E-state index in [0.29, 0.717) is 11.7 Å². The summed E-state index contributed by atoms with van der Waals surface area (Å²) < 4.78 is 0. The maximum absolute atomic E-state index is 8.58. The van der Waals surface area contributed by atoms with Gasteiger partial charge in [-0.1, -0.05) is 6.07 Å². The number of nitrogens with one attached hydrogen (secondary N) is 2. The molecular weight excluding hydrogens is 224 g/mol. The number of hydrazone groups is 1. The molecular formula is C10H14N4OS. The van der Waals surface area contributed by atoms with Crippen LogP contribution in [0.15, 0.2) is 29.6 Å². The molecule has 1 rings (SSSR count). The first kappa shape index (κ1) is 12.5. The molecule has 0 aliphatic heterocycles. The van der Waals surface area contributed by atoms with Gasteiger partial charge in [-0.15, -0.1) is 0 Å². The first-order valence-corrected chi connectivity index (χ1v) is 5.24. The average molecular weight is 238 g/mol. The van der Waals surface area contributed by atoms with Crippen LogP contribution in [0.2, 0.25) is 0 Å². The highest BCUT2D eigenvalue weighted by Gasteiger charge is 1.97. The maximum atomic E-state index is 8.58. The highest BCUT2D eigenvalue weighted by Crippen LogP contribution is 1.97. The first-order valence-electron chi connectivity index (χ1n) is 4.83. The molecule has 0 aromatic carbocycles. The molecule has 0 fully saturated rings. The van der Waals surface area contributed by atoms with E-state index in [9.17, 15) is 0 Å². The molecule has 5 nitrogen and oxygen atoms in total. The molecule has 86 valence electrons. The Morgan fingerprint density at radius 3 is 3.06 bits per heavy atom. The van der Waals surface area contributed by atoms with Crippen molar-refractivity contribution >= 4 is 23.0 Å². The largest absolute Gasteiger partial charge is 0.395 e. The van der Waals surface area contributed by atoms with Crippen LogP contribution in [0.3, 0.4) is 0 Å². The fourth-order valence-corrected chi connectivity index (χ4v) is 1.13. The van der Waals surface area contributed by atoms with Crippen molar-refractivity contribution in [2.45, 2.75) is 6.92 Å². The SMILES string of the molecule is C/C(=N/NC(=S)NCCO)c1cccnc1. The van der Waals surface area contributed by atoms with Crippen molar-refractivity contribution in [1.82, 2.24) is 15.7 Å². The molecule has 6 heteroatoms. The lowest BCUT2D eigenvalue weighted by molar-refractivity contribution is 0.300. The Morgan fingerprint density at radius 2 is 2.44 bits per heavy atom. The molecule has 1 aromatic rings. The third kappa shape index (κ3) is 4.33. The average Bonchev–Trinajstić information content (AvgIpc) is 2.34. The van der Waals surface area contributed by atoms with Gasteiger partial charge < -0.3 is 10.4 Å². The Hall–Kier alpha value is -1.53. The maximum Gasteiger partial charge on any atom is 0.187 e. The van der Waals surface area contributed by atoms with Gasteiger partial charge in [0.1, 0.15) is 0 Å². The zero-order valence-electron chi connectivity index (χ0n) is 8.97. The van der Waals surface area contributed by atoms with Crippen LogP contribution < -0.4 is 10.7 Å². The number of aliphatic hydroxyl groups excluding tert-OH is 1. The van der Waals surface area contributed by atoms with Gasteiger partial charge in [0.15, 0.2) is 5.11 Å². The van der Waals surface area contributed by atoms with Crippen molar-refractivity contribution in [2.75, 3.05) is 13.2 Å². The van der Waals surface area contributed by atoms with Crippen LogP contribution in [0, 0.1) is 0 Å². The summed E-state index contributed by atoms with van der Waals surface area (Å²) >= 11 is 4.93. The van der Waals surface area contributed by atoms with E-state index in [1.54, 1.807) is 12.4 Å². The third-order valence-corrected chi connectivity index (χ3v) is 2.04. The monoisotopic (exact) mass is 238 g/mol. The van der Waals surface area contributed by atoms with Crippen LogP contribution in [0.4, 0.5) is 0 Å². The van der Waals surface area contributed by atoms with Crippen LogP contribution in [-0.2, 0) is 0 Å². The number of nitrogens with zero attached hydrogens (tertiary/aromatic N) is 2. The van der Waals surface area contributed by atoms with Crippen LogP contribution in [0.25, 0.3) is 0 Å². The van der Waals surface area contributed by atoms with Gasteiger partial charge in [0, 0.05) is 24.5 Å². The molecule has 0 atom stereocenters. The molecule has 0 saturated heterocycles. The number of pyridine rings is 1. The van der Waals surface area contributed by atoms with Crippen LogP contribution >= 0.6 is 12.2 Å². The molecule has 0 aliphatic rings. The van der Waals surface area contributed by atoms with E-state index < -0.39 is 0 Å². The summed E-state index contributed by atoms with van der Waals surface area (Å²) in [7, 11) is 0. The Labute approximate surface area is 99.6 Å². The van der Waals surface area contributed by atoms with E-state index in [1.807, 2.05) is 19.1 Å². The second-order valence-corrected chi connectivity index (χ2v) is 3.44. The minimum absolute atomic E-state index is 0.0348. The number of aromatic nitrogens is 1. The van der Waals surface area contributed by atoms with E-state index >= 15 is 0 Å². The summed E-state index contributed by atoms with van der Waals surface area (Å²) in [5.41, 5.74) is 4.41. The van der Waals surface area contributed by atoms with Gasteiger partial charge in [-0.05, 0) is 25.2 Å². The molecule has 16 heavy (non-hydrogen) atoms. The van der Waals surface area contributed by atoms with Crippen molar-refractivity contribution in [2.24, 2.45) is 5.10 Å². The zero-order valence-corrected chi connectivity index (χ0v) is 9.79. The molecule has 0 aliphatic carbocycles. The summed E-state index contributed by atoms with van der Waals surface area (Å²) in [5, 5.41) is 15.8. The smallest absolute Gasteiger partial charge is 0.187 e. The summed E-state index contributed by atoms with van der Waals surface area (Å²) in [5.74, 6) is 0. The van der Waals surface area contributed by atoms with Gasteiger partial charge in [0.25, 0.3) is 0 Å². The van der Waals surface area contributed by atoms with Crippen molar-refractivity contribution < 1.29 is 5.11 Å². The van der Waals surface area contributed by atoms with Crippen LogP contribution in [0.1, 0.15) is 12.5 Å². The zero-order chi connectivity index (χ0) is 11.8. The second-order valence-electron chi connectivity index (χ2n) is 3.03. The quantitative estimate of drug-likeness (QED) is 0.399. The molecule has 0 spiro atoms. The molecule has 0 unspecified atom stereocenters. The highest BCUT2D eigenvalue weighted by molar-refractivity contribution is 7.80. The second kappa shape index (κ2) is 6.86. The fourth-order valence-electron chi connectivity index (χ4n) is 0.985. The Bertz CT molecular complexity index is 366. The molecule has 0 bridgehead atoms. The minimum Gasteiger partial charge on any atom is -0.395 e. The van der Waals surface area contributed by atoms with Gasteiger partial charge in [-0.2, -0.15) is 5.10 Å². The van der Waals surface area contributed by atoms with Crippen LogP contribution in [0.5, 0.6) is 0 Å². The highest BCUT2D eigenvalue weighted by atomic mass is 32.1. The van der Waals surface area contributed by atoms with Gasteiger partial charge in [0.2, 0.25) is 0 Å². The van der Waals surface area contributed by atoms with E-state index in [0.717, 1.165) is 11.3 Å². The van der Waals surface area contributed by atoms with Gasteiger partial charge in [-0.25, -0.2) is 0 Å². The molecule has 0 saturated carbocycles. The van der Waals surface area contributed by atoms with E-state index in [1.165, 1.54) is 0 Å². The van der Waals surface area contributed by atoms with Gasteiger partial charge in [-0.3, -0.25) is 10.4 Å². The molecule has 3 N–H and O–H groups in total. The molecule has 1 aromatic heterocycles. The number of hydrogen-bond acceptors (Lipinski definition) is 4. The predicted molar refractivity (Wildman–Crippen MR) is 67.3 cm³/mol. The minimum atomic E-state index is 0.0348. The third-order valence-electron chi connectivity index (χ3n) is 1.80. The van der Waals surface area contributed by atoms with Crippen LogP contribution in [-0.4, -0.2) is 34.1 Å². The van der Waals surface area contributed by atoms with Crippen molar-refractivity contribution in [1.29, 1.82) is 0 Å². The molecule has 0 amide bonds. The van der Waals surface area contributed by atoms with Crippen molar-refractivity contribution in [3.05, 3.63) is 30.1 Å². The van der Waals surface area contributed by atoms with E-state index in [4.69, 9.17) is 17.3 Å². The summed E-state index contributed by atoms with van der Waals surface area (Å²) in [6.45, 7) is 2.30. The lowest BCUT2D eigenvalue weighted by Gasteiger charge is -2.06. The number of thiocarbonyl (C=S) groups is 1. The number of hydrogen-bond donors (Lipinski definition) is 3. The van der Waals surface area contributed by atoms with E-state index in [2.05, 4.69) is 20.8 Å². The topological polar surface area (TPSA) is 69.5 Å². The summed E-state index contributed by atoms with van der Waals surface area (Å²) in [6.07, 6.45) is 3.43. The van der Waals surface area contributed by atoms with Crippen molar-refractivity contribution in [3.8, 4) is 0 Å². The standard InChI is InChI=1S/C10H14N4OS/c1-8(9-3-2-4-11-7-9)13-14-10(16)12-5-6-15/h2-4,7,15H,5-6H2,1H3,(H2,12,14,16)/b13-8-. The van der Waals surface area contributed by atoms with Crippen molar-refractivity contribution in [3.63, 3.8) is 0 Å². The first-order chi connectivity index (χ1) is 7.74. The summed E-state index contributed by atoms with van der Waals surface area (Å²) in [4.78, 5) is 3.99. The summed E-state index contributed by atoms with van der Waals surface area (Å²) in [6, 6.07) is 3.76. The lowest BCUT2D eigenvalue weighted by Crippen LogP contribution is -2.34. The molecule has 1 heterocycles. The Kier molecular flexibility index (Phi) is 5.38. The normalized spacial score (nSPS) is 11.0. The molecule has 0 radical (unpaired) electrons. The van der Waals surface area contributed by atoms with Gasteiger partial charge >= 0.3 is 0 Å². The lowest BCUT2D eigenvalue weighted by atomic mass is 10.2. The number of aliphatic hydroxyl groups is 1. The Balaban J connectivity index is 2.48. The Morgan fingerprint density at radius 1 is 1.62 bits per heavy atom. The van der Waals surface area contributed by atoms with E-state index in [-0.39, 0.29) is 6.61 Å².